The number of carbonyl (C=O) groups excluding carboxylic acids is 1. The molecule has 1 saturated carbocycles. The van der Waals surface area contributed by atoms with Gasteiger partial charge in [0.15, 0.2) is 0 Å². The number of aromatic amines is 1. The molecule has 2 fully saturated rings. The van der Waals surface area contributed by atoms with E-state index in [0.717, 1.165) is 38.5 Å². The van der Waals surface area contributed by atoms with Crippen molar-refractivity contribution in [2.75, 3.05) is 25.5 Å². The lowest BCUT2D eigenvalue weighted by molar-refractivity contribution is 0.0701. The number of hydrogen-bond acceptors (Lipinski definition) is 6. The van der Waals surface area contributed by atoms with Gasteiger partial charge < -0.3 is 25.3 Å². The van der Waals surface area contributed by atoms with E-state index in [1.807, 2.05) is 17.0 Å². The molecule has 2 aromatic rings. The van der Waals surface area contributed by atoms with Gasteiger partial charge in [0, 0.05) is 30.8 Å². The number of amides is 1. The number of hydrogen-bond donors (Lipinski definition) is 3. The van der Waals surface area contributed by atoms with Gasteiger partial charge in [-0.1, -0.05) is 31.4 Å². The molecule has 4 rings (SSSR count). The van der Waals surface area contributed by atoms with Gasteiger partial charge in [0.2, 0.25) is 0 Å². The van der Waals surface area contributed by atoms with Crippen LogP contribution in [0.4, 0.5) is 5.82 Å². The lowest BCUT2D eigenvalue weighted by atomic mass is 9.95. The fourth-order valence-electron chi connectivity index (χ4n) is 4.95. The van der Waals surface area contributed by atoms with Crippen LogP contribution in [0.15, 0.2) is 29.1 Å². The molecule has 1 aromatic heterocycles. The second kappa shape index (κ2) is 10.2. The molecule has 33 heavy (non-hydrogen) atoms. The molecule has 1 aromatic carbocycles. The fraction of sp³-hybridized carbons (Fsp3) is 0.520. The van der Waals surface area contributed by atoms with E-state index in [4.69, 9.17) is 15.1 Å². The van der Waals surface area contributed by atoms with Crippen LogP contribution in [0.5, 0.6) is 5.75 Å². The van der Waals surface area contributed by atoms with Gasteiger partial charge in [-0.3, -0.25) is 9.59 Å². The van der Waals surface area contributed by atoms with Gasteiger partial charge in [0.1, 0.15) is 23.0 Å². The van der Waals surface area contributed by atoms with Crippen LogP contribution in [0.3, 0.4) is 0 Å². The molecule has 3 N–H and O–H groups in total. The Hall–Kier alpha value is -3.16. The Morgan fingerprint density at radius 3 is 2.67 bits per heavy atom. The van der Waals surface area contributed by atoms with E-state index in [9.17, 15) is 9.59 Å². The zero-order chi connectivity index (χ0) is 23.4. The first-order valence-electron chi connectivity index (χ1n) is 11.9. The van der Waals surface area contributed by atoms with Crippen LogP contribution >= 0.6 is 0 Å². The number of likely N-dealkylation sites (tertiary alicyclic amines) is 1. The predicted molar refractivity (Wildman–Crippen MR) is 129 cm³/mol. The number of nitrogens with zero attached hydrogens (tertiary/aromatic N) is 2. The molecular weight excluding hydrogens is 418 g/mol. The number of rotatable bonds is 6. The lowest BCUT2D eigenvalue weighted by Gasteiger charge is -2.33. The number of methoxy groups -OCH3 is 1. The van der Waals surface area contributed by atoms with Crippen molar-refractivity contribution in [3.05, 3.63) is 51.6 Å². The summed E-state index contributed by atoms with van der Waals surface area (Å²) >= 11 is 0. The summed E-state index contributed by atoms with van der Waals surface area (Å²) in [5, 5.41) is 11.6. The van der Waals surface area contributed by atoms with Gasteiger partial charge in [-0.2, -0.15) is 0 Å². The molecule has 0 spiro atoms. The van der Waals surface area contributed by atoms with E-state index >= 15 is 0 Å². The second-order valence-electron chi connectivity index (χ2n) is 9.07. The van der Waals surface area contributed by atoms with E-state index < -0.39 is 0 Å². The van der Waals surface area contributed by atoms with E-state index in [2.05, 4.69) is 10.3 Å². The minimum Gasteiger partial charge on any atom is -0.496 e. The van der Waals surface area contributed by atoms with Crippen molar-refractivity contribution in [1.29, 1.82) is 5.41 Å². The monoisotopic (exact) mass is 451 g/mol. The van der Waals surface area contributed by atoms with Crippen molar-refractivity contribution in [2.24, 2.45) is 0 Å². The van der Waals surface area contributed by atoms with Gasteiger partial charge >= 0.3 is 0 Å². The maximum absolute atomic E-state index is 13.2. The maximum Gasteiger partial charge on any atom is 0.262 e. The summed E-state index contributed by atoms with van der Waals surface area (Å²) in [4.78, 5) is 35.7. The Morgan fingerprint density at radius 1 is 1.18 bits per heavy atom. The van der Waals surface area contributed by atoms with Crippen molar-refractivity contribution in [3.8, 4) is 5.75 Å². The summed E-state index contributed by atoms with van der Waals surface area (Å²) in [6.45, 7) is 2.75. The van der Waals surface area contributed by atoms with E-state index in [-0.39, 0.29) is 29.1 Å². The highest BCUT2D eigenvalue weighted by Crippen LogP contribution is 2.29. The lowest BCUT2D eigenvalue weighted by Crippen LogP contribution is -2.40. The van der Waals surface area contributed by atoms with Crippen molar-refractivity contribution in [3.63, 3.8) is 0 Å². The van der Waals surface area contributed by atoms with Gasteiger partial charge in [0.25, 0.3) is 11.5 Å². The van der Waals surface area contributed by atoms with Crippen LogP contribution in [-0.4, -0.2) is 52.7 Å². The molecule has 176 valence electrons. The highest BCUT2D eigenvalue weighted by molar-refractivity contribution is 6.00. The first-order valence-corrected chi connectivity index (χ1v) is 11.9. The van der Waals surface area contributed by atoms with Crippen LogP contribution in [0.2, 0.25) is 0 Å². The third kappa shape index (κ3) is 5.10. The van der Waals surface area contributed by atoms with Gasteiger partial charge in [-0.15, -0.1) is 0 Å². The molecule has 1 aliphatic carbocycles. The number of carbonyl (C=O) groups is 1. The summed E-state index contributed by atoms with van der Waals surface area (Å²) in [6.07, 6.45) is 7.32. The zero-order valence-electron chi connectivity index (χ0n) is 19.4. The molecule has 1 aliphatic heterocycles. The topological polar surface area (TPSA) is 111 Å². The highest BCUT2D eigenvalue weighted by Gasteiger charge is 2.29. The number of para-hydroxylation sites is 1. The number of benzene rings is 1. The quantitative estimate of drug-likeness (QED) is 0.576. The summed E-state index contributed by atoms with van der Waals surface area (Å²) in [5.74, 6) is 1.49. The number of piperidine rings is 1. The molecular formula is C25H33N5O3. The second-order valence-corrected chi connectivity index (χ2v) is 9.07. The fourth-order valence-corrected chi connectivity index (χ4v) is 4.95. The van der Waals surface area contributed by atoms with Crippen LogP contribution in [-0.2, 0) is 0 Å². The number of anilines is 1. The first kappa shape index (κ1) is 23.0. The first-order chi connectivity index (χ1) is 16.0. The Kier molecular flexibility index (Phi) is 7.11. The molecule has 8 heteroatoms. The average Bonchev–Trinajstić information content (AvgIpc) is 2.83. The molecule has 0 radical (unpaired) electrons. The number of nitrogens with one attached hydrogen (secondary N) is 3. The molecule has 1 saturated heterocycles. The van der Waals surface area contributed by atoms with E-state index in [1.165, 1.54) is 6.42 Å². The van der Waals surface area contributed by atoms with Crippen LogP contribution in [0, 0.1) is 5.41 Å². The largest absolute Gasteiger partial charge is 0.496 e. The van der Waals surface area contributed by atoms with E-state index in [0.29, 0.717) is 41.6 Å². The molecule has 1 atom stereocenters. The van der Waals surface area contributed by atoms with Gasteiger partial charge in [-0.05, 0) is 44.7 Å². The standard InChI is InChI=1S/C25H33N5O3/c1-16(26)21-23(27-18-10-4-3-5-11-18)28-22(29-24(21)31)17-9-8-14-30(15-17)25(32)19-12-6-7-13-20(19)33-2/h6-7,12-13,17-18,26H,3-5,8-11,14-15H2,1-2H3,(H2,27,28,29,31). The minimum absolute atomic E-state index is 0.0721. The van der Waals surface area contributed by atoms with Gasteiger partial charge in [0.05, 0.1) is 12.7 Å². The van der Waals surface area contributed by atoms with Crippen molar-refractivity contribution < 1.29 is 9.53 Å². The van der Waals surface area contributed by atoms with Crippen molar-refractivity contribution >= 4 is 17.4 Å². The summed E-state index contributed by atoms with van der Waals surface area (Å²) in [7, 11) is 1.56. The average molecular weight is 452 g/mol. The Balaban J connectivity index is 1.59. The SMILES string of the molecule is COc1ccccc1C(=O)N1CCCC(c2nc(NC3CCCCC3)c(C(C)=N)c(=O)[nH]2)C1. The number of ether oxygens (including phenoxy) is 1. The molecule has 1 amide bonds. The van der Waals surface area contributed by atoms with Crippen LogP contribution < -0.4 is 15.6 Å². The normalized spacial score (nSPS) is 19.2. The molecule has 8 nitrogen and oxygen atoms in total. The minimum atomic E-state index is -0.293. The van der Waals surface area contributed by atoms with Crippen LogP contribution in [0.1, 0.15) is 79.5 Å². The highest BCUT2D eigenvalue weighted by atomic mass is 16.5. The summed E-state index contributed by atoms with van der Waals surface area (Å²) in [5.41, 5.74) is 0.753. The Morgan fingerprint density at radius 2 is 1.94 bits per heavy atom. The maximum atomic E-state index is 13.2. The molecule has 2 heterocycles. The van der Waals surface area contributed by atoms with Crippen LogP contribution in [0.25, 0.3) is 0 Å². The zero-order valence-corrected chi connectivity index (χ0v) is 19.4. The van der Waals surface area contributed by atoms with Crippen molar-refractivity contribution in [1.82, 2.24) is 14.9 Å². The third-order valence-electron chi connectivity index (χ3n) is 6.69. The smallest absolute Gasteiger partial charge is 0.262 e. The molecule has 2 aliphatic rings. The van der Waals surface area contributed by atoms with Crippen molar-refractivity contribution in [2.45, 2.75) is 63.8 Å². The van der Waals surface area contributed by atoms with E-state index in [1.54, 1.807) is 26.2 Å². The predicted octanol–water partition coefficient (Wildman–Crippen LogP) is 3.93. The summed E-state index contributed by atoms with van der Waals surface area (Å²) < 4.78 is 5.37. The number of aromatic nitrogens is 2. The third-order valence-corrected chi connectivity index (χ3v) is 6.69. The number of H-pyrrole nitrogens is 1. The van der Waals surface area contributed by atoms with Gasteiger partial charge in [-0.25, -0.2) is 4.98 Å². The molecule has 1 unspecified atom stereocenters. The Bertz CT molecular complexity index is 1070. The molecule has 0 bridgehead atoms. The summed E-state index contributed by atoms with van der Waals surface area (Å²) in [6, 6.07) is 7.51. The Labute approximate surface area is 194 Å².